The minimum atomic E-state index is -0.0745. The van der Waals surface area contributed by atoms with Crippen LogP contribution in [0.4, 0.5) is 0 Å². The molecule has 0 radical (unpaired) electrons. The fourth-order valence-electron chi connectivity index (χ4n) is 3.34. The molecule has 1 unspecified atom stereocenters. The van der Waals surface area contributed by atoms with Crippen LogP contribution in [0.1, 0.15) is 29.0 Å². The Morgan fingerprint density at radius 2 is 1.79 bits per heavy atom. The zero-order chi connectivity index (χ0) is 20.1. The first-order valence-corrected chi connectivity index (χ1v) is 9.99. The van der Waals surface area contributed by atoms with E-state index in [1.807, 2.05) is 18.2 Å². The van der Waals surface area contributed by atoms with Gasteiger partial charge in [-0.2, -0.15) is 0 Å². The quantitative estimate of drug-likeness (QED) is 0.602. The van der Waals surface area contributed by atoms with Gasteiger partial charge in [-0.15, -0.1) is 0 Å². The molecule has 150 valence electrons. The molecule has 1 saturated heterocycles. The first-order valence-electron chi connectivity index (χ1n) is 9.23. The molecule has 28 heavy (non-hydrogen) atoms. The van der Waals surface area contributed by atoms with Crippen molar-refractivity contribution in [3.05, 3.63) is 58.0 Å². The second-order valence-electron chi connectivity index (χ2n) is 6.72. The SMILES string of the molecule is CN=C(NCC(C)c1c(Cl)cccc1Cl)N1CCN(C(=O)c2ccco2)CC1. The van der Waals surface area contributed by atoms with Crippen LogP contribution in [0.25, 0.3) is 0 Å². The standard InChI is InChI=1S/C20H24Cl2N4O2/c1-14(18-15(21)5-3-6-16(18)22)13-24-20(23-2)26-10-8-25(9-11-26)19(27)17-7-4-12-28-17/h3-7,12,14H,8-11,13H2,1-2H3,(H,23,24). The number of amides is 1. The number of carbonyl (C=O) groups is 1. The molecule has 6 nitrogen and oxygen atoms in total. The summed E-state index contributed by atoms with van der Waals surface area (Å²) in [4.78, 5) is 20.7. The van der Waals surface area contributed by atoms with Crippen LogP contribution in [0.2, 0.25) is 10.0 Å². The van der Waals surface area contributed by atoms with Crippen molar-refractivity contribution in [2.45, 2.75) is 12.8 Å². The molecule has 1 aromatic carbocycles. The maximum Gasteiger partial charge on any atom is 0.289 e. The highest BCUT2D eigenvalue weighted by Gasteiger charge is 2.25. The summed E-state index contributed by atoms with van der Waals surface area (Å²) >= 11 is 12.6. The molecule has 3 rings (SSSR count). The Balaban J connectivity index is 1.54. The average Bonchev–Trinajstić information content (AvgIpc) is 3.23. The van der Waals surface area contributed by atoms with E-state index in [1.165, 1.54) is 6.26 Å². The van der Waals surface area contributed by atoms with Gasteiger partial charge in [0.05, 0.1) is 6.26 Å². The van der Waals surface area contributed by atoms with E-state index < -0.39 is 0 Å². The van der Waals surface area contributed by atoms with Gasteiger partial charge in [-0.25, -0.2) is 0 Å². The number of rotatable bonds is 4. The van der Waals surface area contributed by atoms with Crippen molar-refractivity contribution < 1.29 is 9.21 Å². The van der Waals surface area contributed by atoms with E-state index >= 15 is 0 Å². The van der Waals surface area contributed by atoms with Crippen molar-refractivity contribution in [3.63, 3.8) is 0 Å². The summed E-state index contributed by atoms with van der Waals surface area (Å²) in [5, 5.41) is 4.74. The lowest BCUT2D eigenvalue weighted by Crippen LogP contribution is -2.54. The molecule has 1 aliphatic rings. The normalized spacial score (nSPS) is 16.2. The number of halogens is 2. The minimum absolute atomic E-state index is 0.0745. The highest BCUT2D eigenvalue weighted by molar-refractivity contribution is 6.36. The molecule has 1 aromatic heterocycles. The number of piperazine rings is 1. The van der Waals surface area contributed by atoms with Crippen LogP contribution in [0.15, 0.2) is 46.0 Å². The molecule has 1 N–H and O–H groups in total. The lowest BCUT2D eigenvalue weighted by atomic mass is 10.0. The van der Waals surface area contributed by atoms with Gasteiger partial charge in [-0.3, -0.25) is 9.79 Å². The zero-order valence-corrected chi connectivity index (χ0v) is 17.5. The molecule has 2 aromatic rings. The van der Waals surface area contributed by atoms with Gasteiger partial charge < -0.3 is 19.5 Å². The summed E-state index contributed by atoms with van der Waals surface area (Å²) in [5.74, 6) is 1.23. The smallest absolute Gasteiger partial charge is 0.289 e. The number of nitrogens with zero attached hydrogens (tertiary/aromatic N) is 3. The van der Waals surface area contributed by atoms with E-state index in [-0.39, 0.29) is 11.8 Å². The van der Waals surface area contributed by atoms with Gasteiger partial charge in [0, 0.05) is 55.7 Å². The van der Waals surface area contributed by atoms with Gasteiger partial charge >= 0.3 is 0 Å². The average molecular weight is 423 g/mol. The number of aliphatic imine (C=N–C) groups is 1. The molecule has 0 aliphatic carbocycles. The molecular formula is C20H24Cl2N4O2. The summed E-state index contributed by atoms with van der Waals surface area (Å²) in [5.41, 5.74) is 0.933. The first-order chi connectivity index (χ1) is 13.5. The number of hydrogen-bond acceptors (Lipinski definition) is 3. The molecule has 1 atom stereocenters. The molecule has 1 fully saturated rings. The summed E-state index contributed by atoms with van der Waals surface area (Å²) in [6.07, 6.45) is 1.52. The van der Waals surface area contributed by atoms with Crippen molar-refractivity contribution >= 4 is 35.1 Å². The molecule has 0 spiro atoms. The molecule has 2 heterocycles. The van der Waals surface area contributed by atoms with Crippen LogP contribution in [-0.4, -0.2) is 61.4 Å². The number of carbonyl (C=O) groups excluding carboxylic acids is 1. The lowest BCUT2D eigenvalue weighted by Gasteiger charge is -2.36. The highest BCUT2D eigenvalue weighted by atomic mass is 35.5. The number of guanidine groups is 1. The van der Waals surface area contributed by atoms with Crippen LogP contribution < -0.4 is 5.32 Å². The first kappa shape index (κ1) is 20.6. The van der Waals surface area contributed by atoms with E-state index in [4.69, 9.17) is 27.6 Å². The van der Waals surface area contributed by atoms with E-state index in [2.05, 4.69) is 22.1 Å². The van der Waals surface area contributed by atoms with E-state index in [0.717, 1.165) is 11.5 Å². The zero-order valence-electron chi connectivity index (χ0n) is 16.0. The van der Waals surface area contributed by atoms with Crippen molar-refractivity contribution in [1.29, 1.82) is 0 Å². The Morgan fingerprint density at radius 3 is 2.36 bits per heavy atom. The molecule has 1 amide bonds. The van der Waals surface area contributed by atoms with Gasteiger partial charge in [0.1, 0.15) is 0 Å². The number of nitrogens with one attached hydrogen (secondary N) is 1. The molecule has 0 bridgehead atoms. The lowest BCUT2D eigenvalue weighted by molar-refractivity contribution is 0.0657. The summed E-state index contributed by atoms with van der Waals surface area (Å²) in [6, 6.07) is 8.96. The third kappa shape index (κ3) is 4.62. The second kappa shape index (κ2) is 9.34. The minimum Gasteiger partial charge on any atom is -0.459 e. The van der Waals surface area contributed by atoms with Crippen LogP contribution in [0.5, 0.6) is 0 Å². The second-order valence-corrected chi connectivity index (χ2v) is 7.54. The maximum atomic E-state index is 12.4. The fraction of sp³-hybridized carbons (Fsp3) is 0.400. The molecule has 8 heteroatoms. The Labute approximate surface area is 175 Å². The van der Waals surface area contributed by atoms with Crippen molar-refractivity contribution in [3.8, 4) is 0 Å². The van der Waals surface area contributed by atoms with Gasteiger partial charge in [-0.1, -0.05) is 36.2 Å². The van der Waals surface area contributed by atoms with Crippen LogP contribution in [0, 0.1) is 0 Å². The van der Waals surface area contributed by atoms with Crippen molar-refractivity contribution in [2.75, 3.05) is 39.8 Å². The van der Waals surface area contributed by atoms with Gasteiger partial charge in [0.25, 0.3) is 5.91 Å². The summed E-state index contributed by atoms with van der Waals surface area (Å²) in [7, 11) is 1.76. The highest BCUT2D eigenvalue weighted by Crippen LogP contribution is 2.31. The van der Waals surface area contributed by atoms with E-state index in [9.17, 15) is 4.79 Å². The van der Waals surface area contributed by atoms with Crippen LogP contribution >= 0.6 is 23.2 Å². The van der Waals surface area contributed by atoms with Crippen LogP contribution in [-0.2, 0) is 0 Å². The Bertz CT molecular complexity index is 810. The Kier molecular flexibility index (Phi) is 6.86. The largest absolute Gasteiger partial charge is 0.459 e. The number of furan rings is 1. The van der Waals surface area contributed by atoms with Gasteiger partial charge in [0.2, 0.25) is 0 Å². The summed E-state index contributed by atoms with van der Waals surface area (Å²) in [6.45, 7) is 5.37. The Morgan fingerprint density at radius 1 is 1.14 bits per heavy atom. The van der Waals surface area contributed by atoms with Crippen molar-refractivity contribution in [2.24, 2.45) is 4.99 Å². The monoisotopic (exact) mass is 422 g/mol. The predicted octanol–water partition coefficient (Wildman–Crippen LogP) is 3.72. The fourth-order valence-corrected chi connectivity index (χ4v) is 4.11. The van der Waals surface area contributed by atoms with Gasteiger partial charge in [-0.05, 0) is 29.8 Å². The van der Waals surface area contributed by atoms with Crippen LogP contribution in [0.3, 0.4) is 0 Å². The van der Waals surface area contributed by atoms with E-state index in [0.29, 0.717) is 48.5 Å². The summed E-state index contributed by atoms with van der Waals surface area (Å²) < 4.78 is 5.21. The molecule has 0 saturated carbocycles. The predicted molar refractivity (Wildman–Crippen MR) is 112 cm³/mol. The molecule has 1 aliphatic heterocycles. The maximum absolute atomic E-state index is 12.4. The van der Waals surface area contributed by atoms with E-state index in [1.54, 1.807) is 24.1 Å². The number of hydrogen-bond donors (Lipinski definition) is 1. The Hall–Kier alpha value is -2.18. The topological polar surface area (TPSA) is 61.1 Å². The van der Waals surface area contributed by atoms with Gasteiger partial charge in [0.15, 0.2) is 11.7 Å². The number of benzene rings is 1. The third-order valence-corrected chi connectivity index (χ3v) is 5.53. The third-order valence-electron chi connectivity index (χ3n) is 4.87. The van der Waals surface area contributed by atoms with Crippen molar-refractivity contribution in [1.82, 2.24) is 15.1 Å². The molecular weight excluding hydrogens is 399 g/mol.